The van der Waals surface area contributed by atoms with Gasteiger partial charge in [0.1, 0.15) is 17.5 Å². The molecule has 3 aromatic rings. The number of aryl methyl sites for hydroxylation is 1. The Morgan fingerprint density at radius 3 is 2.44 bits per heavy atom. The standard InChI is InChI=1S/C23H24FN3/c1-15-12-19-6-4-5-7-20(19)14-27(15)23-16(2)17(3)25-22(26-23)13-18-8-10-21(24)11-9-18/h4-11,15H,12-14H2,1-3H3. The first-order valence-electron chi connectivity index (χ1n) is 9.43. The highest BCUT2D eigenvalue weighted by atomic mass is 19.1. The van der Waals surface area contributed by atoms with Crippen molar-refractivity contribution in [1.82, 2.24) is 9.97 Å². The topological polar surface area (TPSA) is 29.0 Å². The second-order valence-corrected chi connectivity index (χ2v) is 7.43. The van der Waals surface area contributed by atoms with E-state index in [9.17, 15) is 4.39 Å². The number of rotatable bonds is 3. The van der Waals surface area contributed by atoms with Crippen molar-refractivity contribution < 1.29 is 4.39 Å². The molecule has 1 aromatic heterocycles. The van der Waals surface area contributed by atoms with E-state index in [0.29, 0.717) is 12.5 Å². The zero-order valence-electron chi connectivity index (χ0n) is 16.0. The predicted octanol–water partition coefficient (Wildman–Crippen LogP) is 4.77. The molecule has 0 saturated heterocycles. The molecule has 0 spiro atoms. The van der Waals surface area contributed by atoms with Gasteiger partial charge in [-0.3, -0.25) is 0 Å². The van der Waals surface area contributed by atoms with Crippen LogP contribution in [0.2, 0.25) is 0 Å². The Morgan fingerprint density at radius 2 is 1.70 bits per heavy atom. The summed E-state index contributed by atoms with van der Waals surface area (Å²) in [5.41, 5.74) is 5.94. The van der Waals surface area contributed by atoms with Gasteiger partial charge in [-0.15, -0.1) is 0 Å². The molecule has 0 amide bonds. The Kier molecular flexibility index (Phi) is 4.65. The fourth-order valence-corrected chi connectivity index (χ4v) is 3.78. The minimum absolute atomic E-state index is 0.221. The molecule has 4 rings (SSSR count). The molecule has 0 N–H and O–H groups in total. The van der Waals surface area contributed by atoms with Gasteiger partial charge in [0.25, 0.3) is 0 Å². The monoisotopic (exact) mass is 361 g/mol. The second kappa shape index (κ2) is 7.10. The van der Waals surface area contributed by atoms with Crippen LogP contribution in [-0.4, -0.2) is 16.0 Å². The van der Waals surface area contributed by atoms with Crippen LogP contribution in [0.15, 0.2) is 48.5 Å². The first-order valence-corrected chi connectivity index (χ1v) is 9.43. The summed E-state index contributed by atoms with van der Waals surface area (Å²) in [5.74, 6) is 1.58. The third-order valence-corrected chi connectivity index (χ3v) is 5.46. The Morgan fingerprint density at radius 1 is 1.00 bits per heavy atom. The van der Waals surface area contributed by atoms with Crippen LogP contribution >= 0.6 is 0 Å². The van der Waals surface area contributed by atoms with Gasteiger partial charge >= 0.3 is 0 Å². The largest absolute Gasteiger partial charge is 0.349 e. The Labute approximate surface area is 159 Å². The average molecular weight is 361 g/mol. The second-order valence-electron chi connectivity index (χ2n) is 7.43. The van der Waals surface area contributed by atoms with E-state index in [-0.39, 0.29) is 5.82 Å². The number of halogens is 1. The summed E-state index contributed by atoms with van der Waals surface area (Å²) in [5, 5.41) is 0. The van der Waals surface area contributed by atoms with Crippen LogP contribution in [0.1, 0.15) is 40.7 Å². The summed E-state index contributed by atoms with van der Waals surface area (Å²) in [4.78, 5) is 12.0. The van der Waals surface area contributed by atoms with Crippen molar-refractivity contribution >= 4 is 5.82 Å². The summed E-state index contributed by atoms with van der Waals surface area (Å²) in [6.07, 6.45) is 1.62. The van der Waals surface area contributed by atoms with Gasteiger partial charge in [-0.05, 0) is 56.0 Å². The third-order valence-electron chi connectivity index (χ3n) is 5.46. The predicted molar refractivity (Wildman–Crippen MR) is 107 cm³/mol. The number of hydrogen-bond acceptors (Lipinski definition) is 3. The lowest BCUT2D eigenvalue weighted by molar-refractivity contribution is 0.582. The van der Waals surface area contributed by atoms with Gasteiger partial charge in [-0.2, -0.15) is 0 Å². The number of anilines is 1. The van der Waals surface area contributed by atoms with E-state index in [2.05, 4.69) is 48.0 Å². The van der Waals surface area contributed by atoms with Crippen LogP contribution in [0.5, 0.6) is 0 Å². The molecule has 1 unspecified atom stereocenters. The van der Waals surface area contributed by atoms with E-state index in [0.717, 1.165) is 41.4 Å². The van der Waals surface area contributed by atoms with Gasteiger partial charge in [-0.1, -0.05) is 36.4 Å². The summed E-state index contributed by atoms with van der Waals surface area (Å²) in [6, 6.07) is 15.6. The van der Waals surface area contributed by atoms with Gasteiger partial charge in [0, 0.05) is 30.3 Å². The van der Waals surface area contributed by atoms with Crippen molar-refractivity contribution in [3.63, 3.8) is 0 Å². The maximum Gasteiger partial charge on any atom is 0.136 e. The SMILES string of the molecule is Cc1nc(Cc2ccc(F)cc2)nc(N2Cc3ccccc3CC2C)c1C. The van der Waals surface area contributed by atoms with Gasteiger partial charge < -0.3 is 4.90 Å². The number of fused-ring (bicyclic) bond motifs is 1. The van der Waals surface area contributed by atoms with Crippen molar-refractivity contribution in [1.29, 1.82) is 0 Å². The van der Waals surface area contributed by atoms with Crippen molar-refractivity contribution in [3.05, 3.63) is 88.1 Å². The third kappa shape index (κ3) is 3.57. The van der Waals surface area contributed by atoms with Gasteiger partial charge in [0.15, 0.2) is 0 Å². The summed E-state index contributed by atoms with van der Waals surface area (Å²) in [6.45, 7) is 7.26. The van der Waals surface area contributed by atoms with E-state index >= 15 is 0 Å². The quantitative estimate of drug-likeness (QED) is 0.673. The van der Waals surface area contributed by atoms with Gasteiger partial charge in [0.2, 0.25) is 0 Å². The fourth-order valence-electron chi connectivity index (χ4n) is 3.78. The molecule has 4 heteroatoms. The van der Waals surface area contributed by atoms with Crippen LogP contribution in [0.25, 0.3) is 0 Å². The molecule has 3 nitrogen and oxygen atoms in total. The fraction of sp³-hybridized carbons (Fsp3) is 0.304. The molecule has 0 bridgehead atoms. The number of nitrogens with zero attached hydrogens (tertiary/aromatic N) is 3. The highest BCUT2D eigenvalue weighted by Crippen LogP contribution is 2.30. The van der Waals surface area contributed by atoms with Gasteiger partial charge in [0.05, 0.1) is 0 Å². The molecule has 0 aliphatic carbocycles. The molecule has 27 heavy (non-hydrogen) atoms. The van der Waals surface area contributed by atoms with Crippen molar-refractivity contribution in [3.8, 4) is 0 Å². The number of aromatic nitrogens is 2. The Balaban J connectivity index is 1.68. The van der Waals surface area contributed by atoms with Crippen molar-refractivity contribution in [2.75, 3.05) is 4.90 Å². The molecule has 1 aliphatic heterocycles. The Hall–Kier alpha value is -2.75. The van der Waals surface area contributed by atoms with Crippen molar-refractivity contribution in [2.45, 2.75) is 46.2 Å². The zero-order chi connectivity index (χ0) is 19.0. The lowest BCUT2D eigenvalue weighted by atomic mass is 9.94. The van der Waals surface area contributed by atoms with E-state index in [1.54, 1.807) is 12.1 Å². The van der Waals surface area contributed by atoms with Crippen LogP contribution < -0.4 is 4.90 Å². The molecule has 0 fully saturated rings. The van der Waals surface area contributed by atoms with Crippen LogP contribution in [0, 0.1) is 19.7 Å². The minimum atomic E-state index is -0.221. The number of hydrogen-bond donors (Lipinski definition) is 0. The Bertz CT molecular complexity index is 966. The smallest absolute Gasteiger partial charge is 0.136 e. The number of benzene rings is 2. The molecular formula is C23H24FN3. The molecule has 2 heterocycles. The maximum atomic E-state index is 13.2. The lowest BCUT2D eigenvalue weighted by Crippen LogP contribution is -2.39. The molecule has 0 saturated carbocycles. The first-order chi connectivity index (χ1) is 13.0. The highest BCUT2D eigenvalue weighted by molar-refractivity contribution is 5.52. The zero-order valence-corrected chi connectivity index (χ0v) is 16.0. The molecule has 2 aromatic carbocycles. The average Bonchev–Trinajstić information content (AvgIpc) is 2.66. The van der Waals surface area contributed by atoms with Gasteiger partial charge in [-0.25, -0.2) is 14.4 Å². The molecule has 1 atom stereocenters. The normalized spacial score (nSPS) is 16.3. The highest BCUT2D eigenvalue weighted by Gasteiger charge is 2.26. The van der Waals surface area contributed by atoms with E-state index in [1.165, 1.54) is 23.3 Å². The van der Waals surface area contributed by atoms with E-state index in [4.69, 9.17) is 4.98 Å². The first kappa shape index (κ1) is 17.7. The maximum absolute atomic E-state index is 13.2. The van der Waals surface area contributed by atoms with Crippen LogP contribution in [0.4, 0.5) is 10.2 Å². The van der Waals surface area contributed by atoms with Crippen LogP contribution in [0.3, 0.4) is 0 Å². The van der Waals surface area contributed by atoms with Crippen LogP contribution in [-0.2, 0) is 19.4 Å². The summed E-state index contributed by atoms with van der Waals surface area (Å²) in [7, 11) is 0. The summed E-state index contributed by atoms with van der Waals surface area (Å²) >= 11 is 0. The summed E-state index contributed by atoms with van der Waals surface area (Å²) < 4.78 is 13.2. The molecular weight excluding hydrogens is 337 g/mol. The van der Waals surface area contributed by atoms with E-state index in [1.807, 2.05) is 6.92 Å². The molecule has 0 radical (unpaired) electrons. The van der Waals surface area contributed by atoms with E-state index < -0.39 is 0 Å². The molecule has 1 aliphatic rings. The molecule has 138 valence electrons. The lowest BCUT2D eigenvalue weighted by Gasteiger charge is -2.37. The van der Waals surface area contributed by atoms with Crippen molar-refractivity contribution in [2.24, 2.45) is 0 Å². The minimum Gasteiger partial charge on any atom is -0.349 e.